The van der Waals surface area contributed by atoms with Crippen LogP contribution in [0.15, 0.2) is 37.4 Å². The lowest BCUT2D eigenvalue weighted by atomic mass is 10.1. The minimum atomic E-state index is 0.282. The molecule has 0 aliphatic carbocycles. The second kappa shape index (κ2) is 3.77. The first-order valence-electron chi connectivity index (χ1n) is 3.82. The highest BCUT2D eigenvalue weighted by atomic mass is 16.3. The number of allylic oxidation sites excluding steroid dienone is 1. The Hall–Kier alpha value is -1.50. The van der Waals surface area contributed by atoms with E-state index in [-0.39, 0.29) is 5.75 Å². The van der Waals surface area contributed by atoms with E-state index in [0.717, 1.165) is 17.5 Å². The number of hydrogen-bond acceptors (Lipinski definition) is 1. The highest BCUT2D eigenvalue weighted by molar-refractivity contribution is 5.51. The predicted molar refractivity (Wildman–Crippen MR) is 52.1 cm³/mol. The smallest absolute Gasteiger partial charge is 0.116 e. The third-order valence-corrected chi connectivity index (χ3v) is 1.62. The lowest BCUT2D eigenvalue weighted by molar-refractivity contribution is 0.474. The van der Waals surface area contributed by atoms with Crippen LogP contribution in [-0.4, -0.2) is 5.11 Å². The molecule has 1 N–H and O–H groups in total. The van der Waals surface area contributed by atoms with E-state index >= 15 is 0 Å². The molecular weight excluding hydrogens is 148 g/mol. The van der Waals surface area contributed by atoms with Gasteiger partial charge in [0.2, 0.25) is 0 Å². The van der Waals surface area contributed by atoms with Crippen LogP contribution in [0.3, 0.4) is 0 Å². The summed E-state index contributed by atoms with van der Waals surface area (Å²) >= 11 is 0. The Morgan fingerprint density at radius 1 is 1.25 bits per heavy atom. The molecule has 0 atom stereocenters. The highest BCUT2D eigenvalue weighted by Crippen LogP contribution is 2.16. The third-order valence-electron chi connectivity index (χ3n) is 1.62. The van der Waals surface area contributed by atoms with Crippen molar-refractivity contribution in [3.63, 3.8) is 0 Å². The average Bonchev–Trinajstić information content (AvgIpc) is 2.04. The van der Waals surface area contributed by atoms with Crippen molar-refractivity contribution < 1.29 is 5.11 Å². The molecule has 0 aliphatic rings. The van der Waals surface area contributed by atoms with E-state index in [1.54, 1.807) is 18.2 Å². The first-order chi connectivity index (χ1) is 5.76. The molecule has 0 bridgehead atoms. The van der Waals surface area contributed by atoms with Gasteiger partial charge in [-0.15, -0.1) is 6.58 Å². The largest absolute Gasteiger partial charge is 0.508 e. The fourth-order valence-corrected chi connectivity index (χ4v) is 1.10. The monoisotopic (exact) mass is 160 g/mol. The summed E-state index contributed by atoms with van der Waals surface area (Å²) in [6.07, 6.45) is 4.29. The van der Waals surface area contributed by atoms with Gasteiger partial charge in [-0.25, -0.2) is 0 Å². The standard InChI is InChI=1S/C11H12O/c1-3-5-10-6-9(4-2)7-11(12)8-10/h3-4,6-8,12H,1-2,5H2. The van der Waals surface area contributed by atoms with Gasteiger partial charge in [0.25, 0.3) is 0 Å². The molecule has 0 amide bonds. The van der Waals surface area contributed by atoms with Crippen LogP contribution in [0.1, 0.15) is 11.1 Å². The lowest BCUT2D eigenvalue weighted by Gasteiger charge is -2.00. The molecule has 0 radical (unpaired) electrons. The van der Waals surface area contributed by atoms with E-state index in [2.05, 4.69) is 13.2 Å². The Morgan fingerprint density at radius 3 is 2.58 bits per heavy atom. The molecule has 0 heterocycles. The maximum atomic E-state index is 9.27. The van der Waals surface area contributed by atoms with Gasteiger partial charge in [0.15, 0.2) is 0 Å². The van der Waals surface area contributed by atoms with Crippen molar-refractivity contribution in [1.82, 2.24) is 0 Å². The zero-order chi connectivity index (χ0) is 8.97. The Labute approximate surface area is 72.7 Å². The molecule has 0 spiro atoms. The van der Waals surface area contributed by atoms with Crippen molar-refractivity contribution in [3.8, 4) is 5.75 Å². The Kier molecular flexibility index (Phi) is 2.70. The normalized spacial score (nSPS) is 9.33. The Bertz CT molecular complexity index is 300. The third kappa shape index (κ3) is 1.99. The van der Waals surface area contributed by atoms with Crippen molar-refractivity contribution in [1.29, 1.82) is 0 Å². The summed E-state index contributed by atoms with van der Waals surface area (Å²) in [5.41, 5.74) is 1.99. The molecule has 1 aromatic rings. The van der Waals surface area contributed by atoms with Crippen molar-refractivity contribution in [2.24, 2.45) is 0 Å². The van der Waals surface area contributed by atoms with Gasteiger partial charge in [0.1, 0.15) is 5.75 Å². The van der Waals surface area contributed by atoms with Crippen LogP contribution in [-0.2, 0) is 6.42 Å². The first-order valence-corrected chi connectivity index (χ1v) is 3.82. The van der Waals surface area contributed by atoms with Crippen LogP contribution in [0.4, 0.5) is 0 Å². The number of phenolic OH excluding ortho intramolecular Hbond substituents is 1. The van der Waals surface area contributed by atoms with Gasteiger partial charge in [-0.2, -0.15) is 0 Å². The van der Waals surface area contributed by atoms with E-state index in [1.807, 2.05) is 12.1 Å². The number of benzene rings is 1. The molecular formula is C11H12O. The summed E-state index contributed by atoms with van der Waals surface area (Å²) in [6, 6.07) is 5.39. The summed E-state index contributed by atoms with van der Waals surface area (Å²) in [5.74, 6) is 0.282. The topological polar surface area (TPSA) is 20.2 Å². The van der Waals surface area contributed by atoms with Crippen LogP contribution < -0.4 is 0 Å². The summed E-state index contributed by atoms with van der Waals surface area (Å²) < 4.78 is 0. The van der Waals surface area contributed by atoms with E-state index in [1.165, 1.54) is 0 Å². The summed E-state index contributed by atoms with van der Waals surface area (Å²) in [7, 11) is 0. The van der Waals surface area contributed by atoms with Crippen LogP contribution in [0.2, 0.25) is 0 Å². The van der Waals surface area contributed by atoms with Crippen molar-refractivity contribution in [2.75, 3.05) is 0 Å². The molecule has 1 nitrogen and oxygen atoms in total. The van der Waals surface area contributed by atoms with E-state index < -0.39 is 0 Å². The minimum Gasteiger partial charge on any atom is -0.508 e. The van der Waals surface area contributed by atoms with Crippen LogP contribution in [0.5, 0.6) is 5.75 Å². The van der Waals surface area contributed by atoms with E-state index in [0.29, 0.717) is 0 Å². The first kappa shape index (κ1) is 8.60. The average molecular weight is 160 g/mol. The molecule has 62 valence electrons. The molecule has 12 heavy (non-hydrogen) atoms. The van der Waals surface area contributed by atoms with Crippen LogP contribution in [0, 0.1) is 0 Å². The van der Waals surface area contributed by atoms with Gasteiger partial charge < -0.3 is 5.11 Å². The number of rotatable bonds is 3. The van der Waals surface area contributed by atoms with Crippen molar-refractivity contribution in [2.45, 2.75) is 6.42 Å². The summed E-state index contributed by atoms with van der Waals surface area (Å²) in [4.78, 5) is 0. The molecule has 0 aliphatic heterocycles. The van der Waals surface area contributed by atoms with E-state index in [4.69, 9.17) is 0 Å². The van der Waals surface area contributed by atoms with Crippen LogP contribution >= 0.6 is 0 Å². The van der Waals surface area contributed by atoms with Gasteiger partial charge >= 0.3 is 0 Å². The van der Waals surface area contributed by atoms with Crippen LogP contribution in [0.25, 0.3) is 6.08 Å². The summed E-state index contributed by atoms with van der Waals surface area (Å²) in [6.45, 7) is 7.27. The SMILES string of the molecule is C=CCc1cc(O)cc(C=C)c1. The van der Waals surface area contributed by atoms with Gasteiger partial charge in [0.05, 0.1) is 0 Å². The molecule has 0 aromatic heterocycles. The lowest BCUT2D eigenvalue weighted by Crippen LogP contribution is -1.82. The highest BCUT2D eigenvalue weighted by Gasteiger charge is 1.95. The maximum Gasteiger partial charge on any atom is 0.116 e. The van der Waals surface area contributed by atoms with Gasteiger partial charge in [-0.1, -0.05) is 24.8 Å². The van der Waals surface area contributed by atoms with Gasteiger partial charge in [-0.05, 0) is 29.7 Å². The van der Waals surface area contributed by atoms with Gasteiger partial charge in [-0.3, -0.25) is 0 Å². The molecule has 1 aromatic carbocycles. The second-order valence-corrected chi connectivity index (χ2v) is 2.63. The Balaban J connectivity index is 3.05. The number of phenols is 1. The zero-order valence-electron chi connectivity index (χ0n) is 6.96. The predicted octanol–water partition coefficient (Wildman–Crippen LogP) is 2.76. The number of aromatic hydroxyl groups is 1. The second-order valence-electron chi connectivity index (χ2n) is 2.63. The number of hydrogen-bond donors (Lipinski definition) is 1. The molecule has 0 fully saturated rings. The fourth-order valence-electron chi connectivity index (χ4n) is 1.10. The molecule has 1 heteroatoms. The zero-order valence-corrected chi connectivity index (χ0v) is 6.96. The maximum absolute atomic E-state index is 9.27. The Morgan fingerprint density at radius 2 is 2.00 bits per heavy atom. The fraction of sp³-hybridized carbons (Fsp3) is 0.0909. The molecule has 1 rings (SSSR count). The van der Waals surface area contributed by atoms with Crippen molar-refractivity contribution >= 4 is 6.08 Å². The molecule has 0 saturated heterocycles. The summed E-state index contributed by atoms with van der Waals surface area (Å²) in [5, 5.41) is 9.27. The van der Waals surface area contributed by atoms with E-state index in [9.17, 15) is 5.11 Å². The van der Waals surface area contributed by atoms with Crippen molar-refractivity contribution in [3.05, 3.63) is 48.6 Å². The minimum absolute atomic E-state index is 0.282. The molecule has 0 unspecified atom stereocenters. The molecule has 0 saturated carbocycles. The quantitative estimate of drug-likeness (QED) is 0.674. The van der Waals surface area contributed by atoms with Gasteiger partial charge in [0, 0.05) is 0 Å².